The Morgan fingerprint density at radius 1 is 1.20 bits per heavy atom. The van der Waals surface area contributed by atoms with Gasteiger partial charge in [0.2, 0.25) is 5.91 Å². The Morgan fingerprint density at radius 2 is 1.96 bits per heavy atom. The molecule has 0 bridgehead atoms. The molecule has 0 atom stereocenters. The summed E-state index contributed by atoms with van der Waals surface area (Å²) in [6.07, 6.45) is 1.43. The summed E-state index contributed by atoms with van der Waals surface area (Å²) in [4.78, 5) is 36.7. The Labute approximate surface area is 145 Å². The molecular formula is C16H21N7O2. The molecule has 0 radical (unpaired) electrons. The van der Waals surface area contributed by atoms with E-state index in [1.54, 1.807) is 19.1 Å². The topological polar surface area (TPSA) is 96.2 Å². The summed E-state index contributed by atoms with van der Waals surface area (Å²) in [6.45, 7) is 5.29. The average Bonchev–Trinajstić information content (AvgIpc) is 2.59. The minimum Gasteiger partial charge on any atom is -0.354 e. The van der Waals surface area contributed by atoms with Crippen LogP contribution in [0.25, 0.3) is 0 Å². The molecule has 3 heterocycles. The molecule has 0 saturated carbocycles. The van der Waals surface area contributed by atoms with Crippen molar-refractivity contribution in [2.24, 2.45) is 0 Å². The van der Waals surface area contributed by atoms with E-state index < -0.39 is 0 Å². The Morgan fingerprint density at radius 3 is 2.72 bits per heavy atom. The van der Waals surface area contributed by atoms with Crippen LogP contribution in [0.1, 0.15) is 5.69 Å². The van der Waals surface area contributed by atoms with Gasteiger partial charge in [-0.05, 0) is 20.0 Å². The first-order chi connectivity index (χ1) is 12.0. The molecular weight excluding hydrogens is 322 g/mol. The highest BCUT2D eigenvalue weighted by Gasteiger charge is 2.16. The van der Waals surface area contributed by atoms with Gasteiger partial charge in [0.25, 0.3) is 5.56 Å². The molecule has 2 aromatic rings. The maximum atomic E-state index is 12.2. The first kappa shape index (κ1) is 17.0. The van der Waals surface area contributed by atoms with Crippen molar-refractivity contribution in [2.75, 3.05) is 43.4 Å². The molecule has 1 fully saturated rings. The van der Waals surface area contributed by atoms with Crippen molar-refractivity contribution >= 4 is 17.5 Å². The number of aryl methyl sites for hydroxylation is 1. The maximum Gasteiger partial charge on any atom is 0.267 e. The van der Waals surface area contributed by atoms with E-state index in [0.717, 1.165) is 36.7 Å². The predicted octanol–water partition coefficient (Wildman–Crippen LogP) is -0.268. The molecule has 25 heavy (non-hydrogen) atoms. The fourth-order valence-electron chi connectivity index (χ4n) is 2.61. The second kappa shape index (κ2) is 7.39. The van der Waals surface area contributed by atoms with Crippen LogP contribution in [-0.4, -0.2) is 63.8 Å². The molecule has 0 unspecified atom stereocenters. The minimum absolute atomic E-state index is 0.158. The molecule has 0 aromatic carbocycles. The summed E-state index contributed by atoms with van der Waals surface area (Å²) >= 11 is 0. The second-order valence-corrected chi connectivity index (χ2v) is 6.07. The third-order valence-corrected chi connectivity index (χ3v) is 4.04. The second-order valence-electron chi connectivity index (χ2n) is 6.07. The van der Waals surface area contributed by atoms with Crippen molar-refractivity contribution in [1.82, 2.24) is 24.6 Å². The van der Waals surface area contributed by atoms with Gasteiger partial charge in [0.1, 0.15) is 24.5 Å². The van der Waals surface area contributed by atoms with Gasteiger partial charge in [-0.25, -0.2) is 14.6 Å². The standard InChI is InChI=1S/C16H21N7O2/c1-12-3-4-16(25)23(20-12)10-15(24)19-13-9-14(18-11-17-13)22-7-5-21(2)6-8-22/h3-4,9,11H,5-8,10H2,1-2H3,(H,17,18,19,24). The number of hydrogen-bond donors (Lipinski definition) is 1. The van der Waals surface area contributed by atoms with Crippen molar-refractivity contribution in [3.63, 3.8) is 0 Å². The van der Waals surface area contributed by atoms with Crippen molar-refractivity contribution in [2.45, 2.75) is 13.5 Å². The number of nitrogens with one attached hydrogen (secondary N) is 1. The molecule has 0 aliphatic carbocycles. The number of rotatable bonds is 4. The molecule has 0 spiro atoms. The average molecular weight is 343 g/mol. The third kappa shape index (κ3) is 4.38. The molecule has 1 aliphatic rings. The van der Waals surface area contributed by atoms with Crippen LogP contribution in [0, 0.1) is 6.92 Å². The number of piperazine rings is 1. The van der Waals surface area contributed by atoms with Gasteiger partial charge >= 0.3 is 0 Å². The molecule has 1 aliphatic heterocycles. The summed E-state index contributed by atoms with van der Waals surface area (Å²) in [5, 5.41) is 6.75. The van der Waals surface area contributed by atoms with E-state index in [1.807, 2.05) is 0 Å². The van der Waals surface area contributed by atoms with E-state index in [0.29, 0.717) is 11.5 Å². The van der Waals surface area contributed by atoms with Crippen LogP contribution in [0.5, 0.6) is 0 Å². The minimum atomic E-state index is -0.358. The number of anilines is 2. The Bertz CT molecular complexity index is 812. The SMILES string of the molecule is Cc1ccc(=O)n(CC(=O)Nc2cc(N3CCN(C)CC3)ncn2)n1. The maximum absolute atomic E-state index is 12.2. The molecule has 9 heteroatoms. The lowest BCUT2D eigenvalue weighted by molar-refractivity contribution is -0.117. The quantitative estimate of drug-likeness (QED) is 0.816. The van der Waals surface area contributed by atoms with Crippen molar-refractivity contribution in [3.05, 3.63) is 40.6 Å². The summed E-state index contributed by atoms with van der Waals surface area (Å²) in [7, 11) is 2.09. The van der Waals surface area contributed by atoms with Gasteiger partial charge in [0.05, 0.1) is 5.69 Å². The van der Waals surface area contributed by atoms with Crippen LogP contribution < -0.4 is 15.8 Å². The summed E-state index contributed by atoms with van der Waals surface area (Å²) in [6, 6.07) is 4.75. The van der Waals surface area contributed by atoms with Gasteiger partial charge < -0.3 is 15.1 Å². The Hall–Kier alpha value is -2.81. The van der Waals surface area contributed by atoms with Gasteiger partial charge in [-0.3, -0.25) is 9.59 Å². The lowest BCUT2D eigenvalue weighted by atomic mass is 10.3. The Balaban J connectivity index is 1.66. The molecule has 1 saturated heterocycles. The molecule has 132 valence electrons. The number of amides is 1. The highest BCUT2D eigenvalue weighted by molar-refractivity contribution is 5.89. The van der Waals surface area contributed by atoms with Gasteiger partial charge in [-0.1, -0.05) is 0 Å². The number of hydrogen-bond acceptors (Lipinski definition) is 7. The van der Waals surface area contributed by atoms with Gasteiger partial charge in [-0.15, -0.1) is 0 Å². The number of likely N-dealkylation sites (N-methyl/N-ethyl adjacent to an activating group) is 1. The van der Waals surface area contributed by atoms with Crippen LogP contribution in [0.15, 0.2) is 29.3 Å². The smallest absolute Gasteiger partial charge is 0.267 e. The van der Waals surface area contributed by atoms with Crippen LogP contribution in [-0.2, 0) is 11.3 Å². The molecule has 1 N–H and O–H groups in total. The van der Waals surface area contributed by atoms with E-state index in [2.05, 4.69) is 37.2 Å². The van der Waals surface area contributed by atoms with E-state index in [9.17, 15) is 9.59 Å². The van der Waals surface area contributed by atoms with Crippen LogP contribution in [0.3, 0.4) is 0 Å². The first-order valence-electron chi connectivity index (χ1n) is 8.11. The summed E-state index contributed by atoms with van der Waals surface area (Å²) in [5.41, 5.74) is 0.355. The zero-order chi connectivity index (χ0) is 17.8. The Kier molecular flexibility index (Phi) is 5.03. The molecule has 3 rings (SSSR count). The summed E-state index contributed by atoms with van der Waals surface area (Å²) in [5.74, 6) is 0.835. The molecule has 9 nitrogen and oxygen atoms in total. The number of aromatic nitrogens is 4. The highest BCUT2D eigenvalue weighted by atomic mass is 16.2. The number of nitrogens with zero attached hydrogens (tertiary/aromatic N) is 6. The molecule has 1 amide bonds. The highest BCUT2D eigenvalue weighted by Crippen LogP contribution is 2.15. The van der Waals surface area contributed by atoms with Gasteiger partial charge in [0.15, 0.2) is 0 Å². The molecule has 2 aromatic heterocycles. The van der Waals surface area contributed by atoms with Crippen LogP contribution in [0.2, 0.25) is 0 Å². The number of carbonyl (C=O) groups is 1. The van der Waals surface area contributed by atoms with Crippen LogP contribution >= 0.6 is 0 Å². The fourth-order valence-corrected chi connectivity index (χ4v) is 2.61. The zero-order valence-corrected chi connectivity index (χ0v) is 14.3. The van der Waals surface area contributed by atoms with E-state index in [1.165, 1.54) is 12.4 Å². The number of carbonyl (C=O) groups excluding carboxylic acids is 1. The monoisotopic (exact) mass is 343 g/mol. The normalized spacial score (nSPS) is 15.2. The fraction of sp³-hybridized carbons (Fsp3) is 0.438. The zero-order valence-electron chi connectivity index (χ0n) is 14.3. The van der Waals surface area contributed by atoms with Gasteiger partial charge in [0, 0.05) is 38.3 Å². The van der Waals surface area contributed by atoms with Crippen molar-refractivity contribution in [3.8, 4) is 0 Å². The third-order valence-electron chi connectivity index (χ3n) is 4.04. The van der Waals surface area contributed by atoms with Gasteiger partial charge in [-0.2, -0.15) is 5.10 Å². The van der Waals surface area contributed by atoms with E-state index >= 15 is 0 Å². The first-order valence-corrected chi connectivity index (χ1v) is 8.11. The predicted molar refractivity (Wildman–Crippen MR) is 93.6 cm³/mol. The van der Waals surface area contributed by atoms with Crippen molar-refractivity contribution < 1.29 is 4.79 Å². The lowest BCUT2D eigenvalue weighted by Crippen LogP contribution is -2.44. The van der Waals surface area contributed by atoms with Crippen LogP contribution in [0.4, 0.5) is 11.6 Å². The van der Waals surface area contributed by atoms with E-state index in [-0.39, 0.29) is 18.0 Å². The van der Waals surface area contributed by atoms with Crippen molar-refractivity contribution in [1.29, 1.82) is 0 Å². The lowest BCUT2D eigenvalue weighted by Gasteiger charge is -2.33. The summed E-state index contributed by atoms with van der Waals surface area (Å²) < 4.78 is 1.13. The largest absolute Gasteiger partial charge is 0.354 e. The van der Waals surface area contributed by atoms with E-state index in [4.69, 9.17) is 0 Å².